The van der Waals surface area contributed by atoms with Crippen LogP contribution in [-0.4, -0.2) is 29.7 Å². The molecule has 2 bridgehead atoms. The fourth-order valence-corrected chi connectivity index (χ4v) is 2.26. The normalized spacial score (nSPS) is 35.6. The van der Waals surface area contributed by atoms with Crippen molar-refractivity contribution in [1.29, 1.82) is 0 Å². The summed E-state index contributed by atoms with van der Waals surface area (Å²) in [5, 5.41) is 0. The summed E-state index contributed by atoms with van der Waals surface area (Å²) < 4.78 is 0. The minimum atomic E-state index is 0.206. The molecule has 0 spiro atoms. The smallest absolute Gasteiger partial charge is 0.222 e. The second-order valence-electron chi connectivity index (χ2n) is 3.91. The Balaban J connectivity index is 2.17. The fourth-order valence-electron chi connectivity index (χ4n) is 2.26. The number of hydrogen-bond acceptors (Lipinski definition) is 2. The van der Waals surface area contributed by atoms with Crippen molar-refractivity contribution in [2.75, 3.05) is 7.05 Å². The van der Waals surface area contributed by atoms with Crippen LogP contribution in [0.2, 0.25) is 0 Å². The van der Waals surface area contributed by atoms with E-state index in [2.05, 4.69) is 0 Å². The Labute approximate surface area is 71.7 Å². The number of piperidine rings is 1. The molecule has 66 valence electrons. The lowest BCUT2D eigenvalue weighted by atomic mass is 9.79. The van der Waals surface area contributed by atoms with Gasteiger partial charge in [-0.05, 0) is 12.3 Å². The van der Waals surface area contributed by atoms with Crippen LogP contribution < -0.4 is 0 Å². The third-order valence-electron chi connectivity index (χ3n) is 2.99. The lowest BCUT2D eigenvalue weighted by molar-refractivity contribution is -0.141. The minimum absolute atomic E-state index is 0.206. The molecule has 2 atom stereocenters. The van der Waals surface area contributed by atoms with Gasteiger partial charge in [0.2, 0.25) is 5.91 Å². The van der Waals surface area contributed by atoms with E-state index in [1.165, 1.54) is 0 Å². The Morgan fingerprint density at radius 1 is 1.25 bits per heavy atom. The average molecular weight is 167 g/mol. The summed E-state index contributed by atoms with van der Waals surface area (Å²) in [4.78, 5) is 24.3. The molecule has 12 heavy (non-hydrogen) atoms. The molecule has 1 aliphatic carbocycles. The van der Waals surface area contributed by atoms with Crippen LogP contribution in [-0.2, 0) is 9.59 Å². The van der Waals surface area contributed by atoms with Crippen molar-refractivity contribution in [2.24, 2.45) is 5.92 Å². The fraction of sp³-hybridized carbons (Fsp3) is 0.778. The summed E-state index contributed by atoms with van der Waals surface area (Å²) in [6.07, 6.45) is 2.83. The van der Waals surface area contributed by atoms with Crippen molar-refractivity contribution in [3.05, 3.63) is 0 Å². The van der Waals surface area contributed by atoms with Crippen LogP contribution in [0.25, 0.3) is 0 Å². The van der Waals surface area contributed by atoms with Crippen LogP contribution >= 0.6 is 0 Å². The van der Waals surface area contributed by atoms with Crippen molar-refractivity contribution in [2.45, 2.75) is 31.7 Å². The Hall–Kier alpha value is -0.860. The Morgan fingerprint density at radius 3 is 2.75 bits per heavy atom. The van der Waals surface area contributed by atoms with Gasteiger partial charge in [0.25, 0.3) is 0 Å². The van der Waals surface area contributed by atoms with E-state index in [-0.39, 0.29) is 11.9 Å². The van der Waals surface area contributed by atoms with Crippen LogP contribution in [0.4, 0.5) is 0 Å². The number of fused-ring (bicyclic) bond motifs is 2. The minimum Gasteiger partial charge on any atom is -0.342 e. The highest BCUT2D eigenvalue weighted by molar-refractivity contribution is 5.85. The van der Waals surface area contributed by atoms with Gasteiger partial charge in [-0.3, -0.25) is 9.59 Å². The van der Waals surface area contributed by atoms with Crippen molar-refractivity contribution < 1.29 is 9.59 Å². The van der Waals surface area contributed by atoms with E-state index in [0.717, 1.165) is 6.42 Å². The molecule has 0 aromatic rings. The molecule has 3 heteroatoms. The molecule has 2 aliphatic rings. The predicted octanol–water partition coefficient (Wildman–Crippen LogP) is 0.586. The van der Waals surface area contributed by atoms with Gasteiger partial charge in [0.15, 0.2) is 0 Å². The second-order valence-corrected chi connectivity index (χ2v) is 3.91. The van der Waals surface area contributed by atoms with E-state index in [9.17, 15) is 9.59 Å². The number of nitrogens with zero attached hydrogens (tertiary/aromatic N) is 1. The molecule has 0 N–H and O–H groups in total. The zero-order chi connectivity index (χ0) is 8.72. The van der Waals surface area contributed by atoms with Gasteiger partial charge >= 0.3 is 0 Å². The number of rotatable bonds is 0. The summed E-state index contributed by atoms with van der Waals surface area (Å²) in [6.45, 7) is 0. The van der Waals surface area contributed by atoms with Crippen molar-refractivity contribution >= 4 is 11.7 Å². The first kappa shape index (κ1) is 7.77. The summed E-state index contributed by atoms with van der Waals surface area (Å²) in [7, 11) is 1.81. The molecule has 3 nitrogen and oxygen atoms in total. The molecule has 1 heterocycles. The molecule has 1 amide bonds. The first-order chi connectivity index (χ1) is 5.66. The molecule has 1 saturated heterocycles. The maximum Gasteiger partial charge on any atom is 0.222 e. The monoisotopic (exact) mass is 167 g/mol. The molecular weight excluding hydrogens is 154 g/mol. The van der Waals surface area contributed by atoms with Crippen LogP contribution in [0, 0.1) is 5.92 Å². The van der Waals surface area contributed by atoms with Gasteiger partial charge in [0.05, 0.1) is 0 Å². The van der Waals surface area contributed by atoms with Crippen molar-refractivity contribution in [1.82, 2.24) is 4.90 Å². The molecule has 0 aromatic heterocycles. The molecule has 0 aromatic carbocycles. The van der Waals surface area contributed by atoms with E-state index >= 15 is 0 Å². The molecule has 0 unspecified atom stereocenters. The van der Waals surface area contributed by atoms with Gasteiger partial charge < -0.3 is 4.90 Å². The van der Waals surface area contributed by atoms with Crippen LogP contribution in [0.15, 0.2) is 0 Å². The molecular formula is C9H13NO2. The van der Waals surface area contributed by atoms with Crippen LogP contribution in [0.5, 0.6) is 0 Å². The number of likely N-dealkylation sites (tertiary alicyclic amines) is 1. The van der Waals surface area contributed by atoms with E-state index in [1.54, 1.807) is 4.90 Å². The highest BCUT2D eigenvalue weighted by Crippen LogP contribution is 2.32. The summed E-state index contributed by atoms with van der Waals surface area (Å²) in [6, 6.07) is 0.206. The van der Waals surface area contributed by atoms with Crippen molar-refractivity contribution in [3.8, 4) is 0 Å². The second kappa shape index (κ2) is 2.57. The Bertz CT molecular complexity index is 237. The Morgan fingerprint density at radius 2 is 2.00 bits per heavy atom. The lowest BCUT2D eigenvalue weighted by Gasteiger charge is -2.39. The number of carbonyl (C=O) groups is 2. The van der Waals surface area contributed by atoms with E-state index in [1.807, 2.05) is 7.05 Å². The first-order valence-electron chi connectivity index (χ1n) is 4.44. The predicted molar refractivity (Wildman–Crippen MR) is 43.5 cm³/mol. The molecule has 1 aliphatic heterocycles. The largest absolute Gasteiger partial charge is 0.342 e. The van der Waals surface area contributed by atoms with Gasteiger partial charge in [0, 0.05) is 32.4 Å². The SMILES string of the molecule is CN1C(=O)C[C@H]2CC(=O)C[C@@H]1C2. The Kier molecular flexibility index (Phi) is 1.67. The van der Waals surface area contributed by atoms with E-state index in [0.29, 0.717) is 31.0 Å². The summed E-state index contributed by atoms with van der Waals surface area (Å²) >= 11 is 0. The van der Waals surface area contributed by atoms with Gasteiger partial charge in [0.1, 0.15) is 5.78 Å². The molecule has 2 fully saturated rings. The maximum absolute atomic E-state index is 11.3. The molecule has 0 radical (unpaired) electrons. The molecule has 2 rings (SSSR count). The zero-order valence-corrected chi connectivity index (χ0v) is 7.25. The van der Waals surface area contributed by atoms with Crippen LogP contribution in [0.3, 0.4) is 0 Å². The molecule has 1 saturated carbocycles. The maximum atomic E-state index is 11.3. The highest BCUT2D eigenvalue weighted by Gasteiger charge is 2.37. The summed E-state index contributed by atoms with van der Waals surface area (Å²) in [5.74, 6) is 0.888. The van der Waals surface area contributed by atoms with Gasteiger partial charge in [-0.1, -0.05) is 0 Å². The number of Topliss-reactive ketones (excluding diaryl/α,β-unsaturated/α-hetero) is 1. The van der Waals surface area contributed by atoms with E-state index in [4.69, 9.17) is 0 Å². The number of carbonyl (C=O) groups excluding carboxylic acids is 2. The average Bonchev–Trinajstić information content (AvgIpc) is 1.99. The number of hydrogen-bond donors (Lipinski definition) is 0. The number of amides is 1. The van der Waals surface area contributed by atoms with Gasteiger partial charge in [-0.2, -0.15) is 0 Å². The summed E-state index contributed by atoms with van der Waals surface area (Å²) in [5.41, 5.74) is 0. The van der Waals surface area contributed by atoms with E-state index < -0.39 is 0 Å². The zero-order valence-electron chi connectivity index (χ0n) is 7.25. The highest BCUT2D eigenvalue weighted by atomic mass is 16.2. The standard InChI is InChI=1S/C9H13NO2/c1-10-7-2-6(4-9(10)12)3-8(11)5-7/h6-7H,2-5H2,1H3/t6-,7+/m1/s1. The third-order valence-corrected chi connectivity index (χ3v) is 2.99. The van der Waals surface area contributed by atoms with Gasteiger partial charge in [-0.25, -0.2) is 0 Å². The van der Waals surface area contributed by atoms with Gasteiger partial charge in [-0.15, -0.1) is 0 Å². The lowest BCUT2D eigenvalue weighted by Crippen LogP contribution is -2.48. The van der Waals surface area contributed by atoms with Crippen LogP contribution in [0.1, 0.15) is 25.7 Å². The van der Waals surface area contributed by atoms with Crippen molar-refractivity contribution in [3.63, 3.8) is 0 Å². The number of ketones is 1. The quantitative estimate of drug-likeness (QED) is 0.529. The topological polar surface area (TPSA) is 37.4 Å². The first-order valence-corrected chi connectivity index (χ1v) is 4.44. The third kappa shape index (κ3) is 1.13.